The lowest BCUT2D eigenvalue weighted by atomic mass is 10.1. The number of amides is 3. The second kappa shape index (κ2) is 12.7. The molecular formula is C28H30N4O6S. The Morgan fingerprint density at radius 1 is 0.718 bits per heavy atom. The molecule has 1 aliphatic rings. The van der Waals surface area contributed by atoms with Crippen LogP contribution in [0.4, 0.5) is 5.69 Å². The standard InChI is InChI=1S/C28H30N4O6S/c1-20-2-4-23(5-3-20)28(35)31-24-10-6-21(7-11-24)26(33)29-14-15-30-27(34)22-8-12-25(13-9-22)39(36,37)32-16-18-38-19-17-32/h2-13H,14-19H2,1H3,(H,29,33)(H,30,34)(H,31,35). The quantitative estimate of drug-likeness (QED) is 0.351. The Morgan fingerprint density at radius 2 is 1.18 bits per heavy atom. The van der Waals surface area contributed by atoms with Crippen LogP contribution < -0.4 is 16.0 Å². The van der Waals surface area contributed by atoms with Crippen LogP contribution >= 0.6 is 0 Å². The molecule has 10 nitrogen and oxygen atoms in total. The maximum atomic E-state index is 12.7. The molecule has 0 unspecified atom stereocenters. The number of carbonyl (C=O) groups is 3. The van der Waals surface area contributed by atoms with Gasteiger partial charge in [0.25, 0.3) is 17.7 Å². The van der Waals surface area contributed by atoms with E-state index < -0.39 is 10.0 Å². The number of morpholine rings is 1. The summed E-state index contributed by atoms with van der Waals surface area (Å²) in [5, 5.41) is 8.22. The number of nitrogens with zero attached hydrogens (tertiary/aromatic N) is 1. The second-order valence-corrected chi connectivity index (χ2v) is 10.9. The minimum atomic E-state index is -3.63. The van der Waals surface area contributed by atoms with Gasteiger partial charge in [-0.1, -0.05) is 17.7 Å². The van der Waals surface area contributed by atoms with Crippen molar-refractivity contribution in [3.63, 3.8) is 0 Å². The second-order valence-electron chi connectivity index (χ2n) is 8.95. The highest BCUT2D eigenvalue weighted by molar-refractivity contribution is 7.89. The summed E-state index contributed by atoms with van der Waals surface area (Å²) in [5.74, 6) is -0.942. The highest BCUT2D eigenvalue weighted by Crippen LogP contribution is 2.18. The monoisotopic (exact) mass is 550 g/mol. The minimum Gasteiger partial charge on any atom is -0.379 e. The van der Waals surface area contributed by atoms with Crippen molar-refractivity contribution in [1.82, 2.24) is 14.9 Å². The zero-order chi connectivity index (χ0) is 27.8. The fraction of sp³-hybridized carbons (Fsp3) is 0.250. The van der Waals surface area contributed by atoms with Crippen LogP contribution in [-0.4, -0.2) is 69.8 Å². The van der Waals surface area contributed by atoms with Crippen molar-refractivity contribution in [3.05, 3.63) is 95.1 Å². The van der Waals surface area contributed by atoms with Gasteiger partial charge in [-0.3, -0.25) is 14.4 Å². The van der Waals surface area contributed by atoms with E-state index in [9.17, 15) is 22.8 Å². The average Bonchev–Trinajstić information content (AvgIpc) is 2.96. The summed E-state index contributed by atoms with van der Waals surface area (Å²) in [6.07, 6.45) is 0. The molecule has 11 heteroatoms. The lowest BCUT2D eigenvalue weighted by Crippen LogP contribution is -2.40. The molecule has 1 aliphatic heterocycles. The van der Waals surface area contributed by atoms with Gasteiger partial charge in [0.1, 0.15) is 0 Å². The van der Waals surface area contributed by atoms with E-state index in [1.165, 1.54) is 28.6 Å². The molecule has 0 aromatic heterocycles. The van der Waals surface area contributed by atoms with Crippen LogP contribution in [0, 0.1) is 6.92 Å². The number of benzene rings is 3. The average molecular weight is 551 g/mol. The molecular weight excluding hydrogens is 520 g/mol. The van der Waals surface area contributed by atoms with E-state index in [-0.39, 0.29) is 35.7 Å². The number of carbonyl (C=O) groups excluding carboxylic acids is 3. The van der Waals surface area contributed by atoms with E-state index in [1.54, 1.807) is 36.4 Å². The lowest BCUT2D eigenvalue weighted by molar-refractivity contribution is 0.0730. The van der Waals surface area contributed by atoms with Gasteiger partial charge < -0.3 is 20.7 Å². The Bertz CT molecular complexity index is 1420. The van der Waals surface area contributed by atoms with E-state index in [1.807, 2.05) is 19.1 Å². The molecule has 3 aromatic carbocycles. The van der Waals surface area contributed by atoms with Crippen molar-refractivity contribution >= 4 is 33.4 Å². The highest BCUT2D eigenvalue weighted by atomic mass is 32.2. The zero-order valence-corrected chi connectivity index (χ0v) is 22.3. The van der Waals surface area contributed by atoms with Gasteiger partial charge in [0.2, 0.25) is 10.0 Å². The number of sulfonamides is 1. The van der Waals surface area contributed by atoms with Gasteiger partial charge in [-0.25, -0.2) is 8.42 Å². The first-order valence-corrected chi connectivity index (χ1v) is 13.9. The number of anilines is 1. The zero-order valence-electron chi connectivity index (χ0n) is 21.5. The third kappa shape index (κ3) is 7.29. The highest BCUT2D eigenvalue weighted by Gasteiger charge is 2.26. The van der Waals surface area contributed by atoms with Gasteiger partial charge in [-0.05, 0) is 67.6 Å². The molecule has 3 N–H and O–H groups in total. The van der Waals surface area contributed by atoms with Crippen molar-refractivity contribution in [1.29, 1.82) is 0 Å². The third-order valence-corrected chi connectivity index (χ3v) is 8.05. The van der Waals surface area contributed by atoms with Crippen molar-refractivity contribution in [3.8, 4) is 0 Å². The molecule has 0 bridgehead atoms. The molecule has 1 saturated heterocycles. The van der Waals surface area contributed by atoms with E-state index >= 15 is 0 Å². The van der Waals surface area contributed by atoms with Gasteiger partial charge >= 0.3 is 0 Å². The topological polar surface area (TPSA) is 134 Å². The molecule has 204 valence electrons. The van der Waals surface area contributed by atoms with Crippen LogP contribution in [0.2, 0.25) is 0 Å². The molecule has 0 aliphatic carbocycles. The summed E-state index contributed by atoms with van der Waals surface area (Å²) in [6, 6.07) is 19.5. The first-order valence-electron chi connectivity index (χ1n) is 12.5. The molecule has 1 heterocycles. The van der Waals surface area contributed by atoms with Crippen molar-refractivity contribution in [2.24, 2.45) is 0 Å². The van der Waals surface area contributed by atoms with Gasteiger partial charge in [-0.15, -0.1) is 0 Å². The predicted octanol–water partition coefficient (Wildman–Crippen LogP) is 2.43. The van der Waals surface area contributed by atoms with Gasteiger partial charge in [0.15, 0.2) is 0 Å². The largest absolute Gasteiger partial charge is 0.379 e. The Labute approximate surface area is 227 Å². The van der Waals surface area contributed by atoms with Crippen LogP contribution in [0.1, 0.15) is 36.6 Å². The molecule has 0 radical (unpaired) electrons. The van der Waals surface area contributed by atoms with Crippen LogP contribution in [0.3, 0.4) is 0 Å². The van der Waals surface area contributed by atoms with Gasteiger partial charge in [-0.2, -0.15) is 4.31 Å². The van der Waals surface area contributed by atoms with Crippen LogP contribution in [0.15, 0.2) is 77.7 Å². The first kappa shape index (κ1) is 28.0. The number of aryl methyl sites for hydroxylation is 1. The summed E-state index contributed by atoms with van der Waals surface area (Å²) in [6.45, 7) is 3.63. The van der Waals surface area contributed by atoms with E-state index in [0.29, 0.717) is 48.7 Å². The van der Waals surface area contributed by atoms with E-state index in [0.717, 1.165) is 5.56 Å². The molecule has 3 aromatic rings. The van der Waals surface area contributed by atoms with Crippen molar-refractivity contribution in [2.75, 3.05) is 44.7 Å². The Balaban J connectivity index is 1.21. The van der Waals surface area contributed by atoms with E-state index in [4.69, 9.17) is 4.74 Å². The normalized spacial score (nSPS) is 13.9. The number of hydrogen-bond donors (Lipinski definition) is 3. The maximum absolute atomic E-state index is 12.7. The van der Waals surface area contributed by atoms with Gasteiger partial charge in [0.05, 0.1) is 18.1 Å². The van der Waals surface area contributed by atoms with Gasteiger partial charge in [0, 0.05) is 48.6 Å². The van der Waals surface area contributed by atoms with E-state index in [2.05, 4.69) is 16.0 Å². The smallest absolute Gasteiger partial charge is 0.255 e. The number of rotatable bonds is 9. The minimum absolute atomic E-state index is 0.119. The van der Waals surface area contributed by atoms with Crippen molar-refractivity contribution in [2.45, 2.75) is 11.8 Å². The van der Waals surface area contributed by atoms with Crippen LogP contribution in [-0.2, 0) is 14.8 Å². The molecule has 1 fully saturated rings. The summed E-state index contributed by atoms with van der Waals surface area (Å²) in [4.78, 5) is 37.3. The first-order chi connectivity index (χ1) is 18.7. The van der Waals surface area contributed by atoms with Crippen LogP contribution in [0.5, 0.6) is 0 Å². The SMILES string of the molecule is Cc1ccc(C(=O)Nc2ccc(C(=O)NCCNC(=O)c3ccc(S(=O)(=O)N4CCOCC4)cc3)cc2)cc1. The lowest BCUT2D eigenvalue weighted by Gasteiger charge is -2.26. The number of ether oxygens (including phenoxy) is 1. The predicted molar refractivity (Wildman–Crippen MR) is 146 cm³/mol. The summed E-state index contributed by atoms with van der Waals surface area (Å²) < 4.78 is 32.0. The Hall–Kier alpha value is -4.06. The van der Waals surface area contributed by atoms with Crippen molar-refractivity contribution < 1.29 is 27.5 Å². The number of nitrogens with one attached hydrogen (secondary N) is 3. The molecule has 39 heavy (non-hydrogen) atoms. The summed E-state index contributed by atoms with van der Waals surface area (Å²) in [7, 11) is -3.63. The Morgan fingerprint density at radius 3 is 1.72 bits per heavy atom. The third-order valence-electron chi connectivity index (χ3n) is 6.14. The summed E-state index contributed by atoms with van der Waals surface area (Å²) in [5.41, 5.74) is 2.89. The fourth-order valence-electron chi connectivity index (χ4n) is 3.88. The summed E-state index contributed by atoms with van der Waals surface area (Å²) >= 11 is 0. The fourth-order valence-corrected chi connectivity index (χ4v) is 5.29. The van der Waals surface area contributed by atoms with Crippen LogP contribution in [0.25, 0.3) is 0 Å². The molecule has 0 spiro atoms. The molecule has 0 atom stereocenters. The number of hydrogen-bond acceptors (Lipinski definition) is 6. The molecule has 3 amide bonds. The maximum Gasteiger partial charge on any atom is 0.255 e. The molecule has 4 rings (SSSR count). The molecule has 0 saturated carbocycles. The Kier molecular flexibility index (Phi) is 9.07.